The summed E-state index contributed by atoms with van der Waals surface area (Å²) < 4.78 is 10.9. The zero-order valence-electron chi connectivity index (χ0n) is 13.1. The summed E-state index contributed by atoms with van der Waals surface area (Å²) in [4.78, 5) is 23.2. The van der Waals surface area contributed by atoms with E-state index in [0.29, 0.717) is 25.4 Å². The summed E-state index contributed by atoms with van der Waals surface area (Å²) >= 11 is 0. The molecule has 2 rings (SSSR count). The van der Waals surface area contributed by atoms with E-state index in [-0.39, 0.29) is 25.0 Å². The van der Waals surface area contributed by atoms with E-state index >= 15 is 0 Å². The summed E-state index contributed by atoms with van der Waals surface area (Å²) in [5.41, 5.74) is 0.679. The minimum absolute atomic E-state index is 0.0788. The number of hydrogen-bond acceptors (Lipinski definition) is 4. The van der Waals surface area contributed by atoms with Crippen LogP contribution in [0.4, 0.5) is 0 Å². The SMILES string of the molecule is O=C(CCOC1CCOCC1)NCC(C(=O)O)c1ccccc1. The van der Waals surface area contributed by atoms with Crippen molar-refractivity contribution in [1.82, 2.24) is 5.32 Å². The monoisotopic (exact) mass is 321 g/mol. The molecular weight excluding hydrogens is 298 g/mol. The quantitative estimate of drug-likeness (QED) is 0.759. The van der Waals surface area contributed by atoms with Crippen molar-refractivity contribution in [2.24, 2.45) is 0 Å². The van der Waals surface area contributed by atoms with Crippen molar-refractivity contribution < 1.29 is 24.2 Å². The lowest BCUT2D eigenvalue weighted by Gasteiger charge is -2.22. The van der Waals surface area contributed by atoms with Crippen LogP contribution in [0.1, 0.15) is 30.7 Å². The second-order valence-corrected chi connectivity index (χ2v) is 5.54. The third kappa shape index (κ3) is 6.00. The molecule has 1 aliphatic rings. The Kier molecular flexibility index (Phi) is 7.03. The molecule has 0 aromatic heterocycles. The summed E-state index contributed by atoms with van der Waals surface area (Å²) in [6, 6.07) is 8.90. The van der Waals surface area contributed by atoms with Crippen molar-refractivity contribution in [3.8, 4) is 0 Å². The Bertz CT molecular complexity index is 499. The third-order valence-corrected chi connectivity index (χ3v) is 3.85. The normalized spacial score (nSPS) is 16.7. The number of ether oxygens (including phenoxy) is 2. The van der Waals surface area contributed by atoms with Gasteiger partial charge >= 0.3 is 5.97 Å². The Balaban J connectivity index is 1.70. The van der Waals surface area contributed by atoms with E-state index in [2.05, 4.69) is 5.32 Å². The highest BCUT2D eigenvalue weighted by Gasteiger charge is 2.20. The van der Waals surface area contributed by atoms with Gasteiger partial charge in [0, 0.05) is 26.2 Å². The average molecular weight is 321 g/mol. The van der Waals surface area contributed by atoms with Crippen LogP contribution in [0.25, 0.3) is 0 Å². The molecule has 0 spiro atoms. The summed E-state index contributed by atoms with van der Waals surface area (Å²) in [5, 5.41) is 12.0. The molecule has 0 saturated carbocycles. The molecule has 0 aliphatic carbocycles. The molecule has 2 N–H and O–H groups in total. The topological polar surface area (TPSA) is 84.9 Å². The molecule has 23 heavy (non-hydrogen) atoms. The fourth-order valence-electron chi connectivity index (χ4n) is 2.50. The highest BCUT2D eigenvalue weighted by molar-refractivity contribution is 5.79. The molecule has 1 aromatic rings. The number of carboxylic acids is 1. The van der Waals surface area contributed by atoms with Gasteiger partial charge in [-0.2, -0.15) is 0 Å². The lowest BCUT2D eigenvalue weighted by atomic mass is 9.99. The number of carboxylic acid groups (broad SMARTS) is 1. The first-order chi connectivity index (χ1) is 11.2. The van der Waals surface area contributed by atoms with E-state index in [1.165, 1.54) is 0 Å². The smallest absolute Gasteiger partial charge is 0.312 e. The van der Waals surface area contributed by atoms with Crippen LogP contribution in [0.3, 0.4) is 0 Å². The maximum absolute atomic E-state index is 11.8. The summed E-state index contributed by atoms with van der Waals surface area (Å²) in [5.74, 6) is -1.88. The van der Waals surface area contributed by atoms with E-state index in [4.69, 9.17) is 9.47 Å². The Morgan fingerprint density at radius 3 is 2.61 bits per heavy atom. The van der Waals surface area contributed by atoms with Crippen molar-refractivity contribution in [2.45, 2.75) is 31.3 Å². The van der Waals surface area contributed by atoms with Crippen molar-refractivity contribution in [2.75, 3.05) is 26.4 Å². The predicted octanol–water partition coefficient (Wildman–Crippen LogP) is 1.56. The molecule has 0 bridgehead atoms. The number of nitrogens with one attached hydrogen (secondary N) is 1. The second-order valence-electron chi connectivity index (χ2n) is 5.54. The van der Waals surface area contributed by atoms with Gasteiger partial charge in [-0.3, -0.25) is 9.59 Å². The minimum Gasteiger partial charge on any atom is -0.481 e. The fraction of sp³-hybridized carbons (Fsp3) is 0.529. The number of aliphatic carboxylic acids is 1. The number of carbonyl (C=O) groups is 2. The van der Waals surface area contributed by atoms with Gasteiger partial charge in [-0.05, 0) is 18.4 Å². The van der Waals surface area contributed by atoms with Gasteiger partial charge in [-0.15, -0.1) is 0 Å². The first-order valence-corrected chi connectivity index (χ1v) is 7.90. The molecule has 1 saturated heterocycles. The molecule has 1 amide bonds. The van der Waals surface area contributed by atoms with Crippen LogP contribution in [0.2, 0.25) is 0 Å². The molecule has 1 atom stereocenters. The van der Waals surface area contributed by atoms with Crippen LogP contribution >= 0.6 is 0 Å². The second kappa shape index (κ2) is 9.27. The zero-order valence-corrected chi connectivity index (χ0v) is 13.1. The molecule has 1 aromatic carbocycles. The summed E-state index contributed by atoms with van der Waals surface area (Å²) in [7, 11) is 0. The lowest BCUT2D eigenvalue weighted by molar-refractivity contribution is -0.138. The van der Waals surface area contributed by atoms with E-state index in [1.54, 1.807) is 24.3 Å². The highest BCUT2D eigenvalue weighted by atomic mass is 16.5. The number of amides is 1. The van der Waals surface area contributed by atoms with Gasteiger partial charge in [0.1, 0.15) is 0 Å². The van der Waals surface area contributed by atoms with E-state index in [9.17, 15) is 14.7 Å². The fourth-order valence-corrected chi connectivity index (χ4v) is 2.50. The third-order valence-electron chi connectivity index (χ3n) is 3.85. The summed E-state index contributed by atoms with van der Waals surface area (Å²) in [6.07, 6.45) is 2.11. The predicted molar refractivity (Wildman–Crippen MR) is 84.2 cm³/mol. The molecule has 1 heterocycles. The van der Waals surface area contributed by atoms with E-state index < -0.39 is 11.9 Å². The van der Waals surface area contributed by atoms with Crippen LogP contribution < -0.4 is 5.32 Å². The van der Waals surface area contributed by atoms with Crippen molar-refractivity contribution in [3.05, 3.63) is 35.9 Å². The Labute approximate surface area is 135 Å². The standard InChI is InChI=1S/C17H23NO5/c19-16(8-11-23-14-6-9-22-10-7-14)18-12-15(17(20)21)13-4-2-1-3-5-13/h1-5,14-15H,6-12H2,(H,18,19)(H,20,21). The molecule has 1 fully saturated rings. The van der Waals surface area contributed by atoms with Crippen LogP contribution in [-0.4, -0.2) is 49.5 Å². The van der Waals surface area contributed by atoms with Gasteiger partial charge < -0.3 is 19.9 Å². The maximum Gasteiger partial charge on any atom is 0.312 e. The van der Waals surface area contributed by atoms with Gasteiger partial charge in [0.05, 0.1) is 18.6 Å². The first kappa shape index (κ1) is 17.4. The van der Waals surface area contributed by atoms with Crippen molar-refractivity contribution in [1.29, 1.82) is 0 Å². The van der Waals surface area contributed by atoms with Crippen molar-refractivity contribution in [3.63, 3.8) is 0 Å². The lowest BCUT2D eigenvalue weighted by Crippen LogP contribution is -2.33. The molecule has 6 nitrogen and oxygen atoms in total. The zero-order chi connectivity index (χ0) is 16.5. The van der Waals surface area contributed by atoms with E-state index in [1.807, 2.05) is 6.07 Å². The number of benzene rings is 1. The number of hydrogen-bond donors (Lipinski definition) is 2. The van der Waals surface area contributed by atoms with Gasteiger partial charge in [-0.25, -0.2) is 0 Å². The molecular formula is C17H23NO5. The largest absolute Gasteiger partial charge is 0.481 e. The Morgan fingerprint density at radius 1 is 1.26 bits per heavy atom. The Morgan fingerprint density at radius 2 is 1.96 bits per heavy atom. The maximum atomic E-state index is 11.8. The average Bonchev–Trinajstić information content (AvgIpc) is 2.57. The molecule has 1 unspecified atom stereocenters. The molecule has 6 heteroatoms. The van der Waals surface area contributed by atoms with Crippen LogP contribution in [0.5, 0.6) is 0 Å². The Hall–Kier alpha value is -1.92. The van der Waals surface area contributed by atoms with Crippen LogP contribution in [0.15, 0.2) is 30.3 Å². The molecule has 126 valence electrons. The molecule has 1 aliphatic heterocycles. The van der Waals surface area contributed by atoms with Crippen molar-refractivity contribution >= 4 is 11.9 Å². The van der Waals surface area contributed by atoms with Crippen LogP contribution in [-0.2, 0) is 19.1 Å². The van der Waals surface area contributed by atoms with Gasteiger partial charge in [0.25, 0.3) is 0 Å². The van der Waals surface area contributed by atoms with Gasteiger partial charge in [0.2, 0.25) is 5.91 Å². The summed E-state index contributed by atoms with van der Waals surface area (Å²) in [6.45, 7) is 1.83. The van der Waals surface area contributed by atoms with Crippen LogP contribution in [0, 0.1) is 0 Å². The van der Waals surface area contributed by atoms with Gasteiger partial charge in [-0.1, -0.05) is 30.3 Å². The first-order valence-electron chi connectivity index (χ1n) is 7.90. The van der Waals surface area contributed by atoms with E-state index in [0.717, 1.165) is 12.8 Å². The van der Waals surface area contributed by atoms with Gasteiger partial charge in [0.15, 0.2) is 0 Å². The number of carbonyl (C=O) groups excluding carboxylic acids is 1. The minimum atomic E-state index is -0.949. The number of rotatable bonds is 8. The molecule has 0 radical (unpaired) electrons. The highest BCUT2D eigenvalue weighted by Crippen LogP contribution is 2.15.